The molecule has 1 aromatic carbocycles. The number of benzene rings is 1. The molecule has 0 unspecified atom stereocenters. The van der Waals surface area contributed by atoms with Crippen LogP contribution in [0.1, 0.15) is 72.1 Å². The lowest BCUT2D eigenvalue weighted by atomic mass is 9.77. The normalized spacial score (nSPS) is 12.6. The van der Waals surface area contributed by atoms with E-state index in [1.807, 2.05) is 53.7 Å². The van der Waals surface area contributed by atoms with Crippen LogP contribution in [0.25, 0.3) is 0 Å². The van der Waals surface area contributed by atoms with E-state index in [0.29, 0.717) is 12.2 Å². The predicted octanol–water partition coefficient (Wildman–Crippen LogP) is 4.32. The monoisotopic (exact) mass is 318 g/mol. The summed E-state index contributed by atoms with van der Waals surface area (Å²) in [5, 5.41) is 10.7. The van der Waals surface area contributed by atoms with Crippen molar-refractivity contribution in [2.24, 2.45) is 5.92 Å². The smallest absolute Gasteiger partial charge is 0.140 e. The summed E-state index contributed by atoms with van der Waals surface area (Å²) in [6.45, 7) is 15.2. The van der Waals surface area contributed by atoms with Crippen LogP contribution in [0.15, 0.2) is 12.1 Å². The number of phenolic OH excluding ortho intramolecular Hbond substituents is 1. The first kappa shape index (κ1) is 19.4. The fourth-order valence-corrected chi connectivity index (χ4v) is 2.76. The molecule has 0 aromatic heterocycles. The molecule has 1 N–H and O–H groups in total. The molecule has 3 nitrogen and oxygen atoms in total. The number of phenols is 1. The Morgan fingerprint density at radius 2 is 1.26 bits per heavy atom. The molecule has 1 aromatic rings. The molecule has 0 amide bonds. The maximum absolute atomic E-state index is 11.8. The highest BCUT2D eigenvalue weighted by Crippen LogP contribution is 2.40. The van der Waals surface area contributed by atoms with Crippen molar-refractivity contribution in [3.8, 4) is 5.75 Å². The molecule has 1 rings (SSSR count). The highest BCUT2D eigenvalue weighted by molar-refractivity contribution is 6.00. The van der Waals surface area contributed by atoms with Gasteiger partial charge in [0.2, 0.25) is 0 Å². The molecule has 0 heterocycles. The highest BCUT2D eigenvalue weighted by Gasteiger charge is 2.28. The molecule has 0 saturated carbocycles. The van der Waals surface area contributed by atoms with Crippen LogP contribution in [0.4, 0.5) is 0 Å². The van der Waals surface area contributed by atoms with Crippen molar-refractivity contribution in [3.05, 3.63) is 28.8 Å². The first-order chi connectivity index (χ1) is 10.2. The van der Waals surface area contributed by atoms with Crippen LogP contribution in [-0.2, 0) is 26.8 Å². The molecule has 0 aliphatic heterocycles. The third kappa shape index (κ3) is 4.66. The summed E-state index contributed by atoms with van der Waals surface area (Å²) in [5.41, 5.74) is 2.19. The predicted molar refractivity (Wildman–Crippen MR) is 94.1 cm³/mol. The molecule has 3 heteroatoms. The summed E-state index contributed by atoms with van der Waals surface area (Å²) in [4.78, 5) is 23.5. The Bertz CT molecular complexity index is 564. The van der Waals surface area contributed by atoms with Gasteiger partial charge in [0.1, 0.15) is 17.3 Å². The van der Waals surface area contributed by atoms with E-state index in [4.69, 9.17) is 0 Å². The minimum absolute atomic E-state index is 0.111. The van der Waals surface area contributed by atoms with Crippen molar-refractivity contribution < 1.29 is 14.7 Å². The lowest BCUT2D eigenvalue weighted by molar-refractivity contribution is -0.130. The summed E-state index contributed by atoms with van der Waals surface area (Å²) >= 11 is 0. The standard InChI is InChI=1S/C20H30O3/c1-12(21)15(13(2)22)9-14-10-16(19(3,4)5)18(23)17(11-14)20(6,7)8/h10-11,15,23H,9H2,1-8H3. The van der Waals surface area contributed by atoms with Gasteiger partial charge in [0.15, 0.2) is 0 Å². The fourth-order valence-electron chi connectivity index (χ4n) is 2.76. The van der Waals surface area contributed by atoms with Gasteiger partial charge in [-0.3, -0.25) is 9.59 Å². The minimum Gasteiger partial charge on any atom is -0.507 e. The Kier molecular flexibility index (Phi) is 5.45. The zero-order chi connectivity index (χ0) is 18.2. The fraction of sp³-hybridized carbons (Fsp3) is 0.600. The zero-order valence-corrected chi connectivity index (χ0v) is 15.7. The van der Waals surface area contributed by atoms with Gasteiger partial charge in [-0.15, -0.1) is 0 Å². The van der Waals surface area contributed by atoms with Crippen LogP contribution in [0.5, 0.6) is 5.75 Å². The van der Waals surface area contributed by atoms with E-state index in [2.05, 4.69) is 0 Å². The highest BCUT2D eigenvalue weighted by atomic mass is 16.3. The molecule has 128 valence electrons. The van der Waals surface area contributed by atoms with E-state index in [1.54, 1.807) is 0 Å². The maximum Gasteiger partial charge on any atom is 0.140 e. The summed E-state index contributed by atoms with van der Waals surface area (Å²) in [6.07, 6.45) is 0.386. The molecule has 0 aliphatic rings. The van der Waals surface area contributed by atoms with E-state index in [1.165, 1.54) is 13.8 Å². The Hall–Kier alpha value is -1.64. The van der Waals surface area contributed by atoms with E-state index < -0.39 is 5.92 Å². The quantitative estimate of drug-likeness (QED) is 0.841. The lowest BCUT2D eigenvalue weighted by Crippen LogP contribution is -2.23. The molecule has 0 bridgehead atoms. The lowest BCUT2D eigenvalue weighted by Gasteiger charge is -2.28. The number of Topliss-reactive ketones (excluding diaryl/α,β-unsaturated/α-hetero) is 2. The van der Waals surface area contributed by atoms with Crippen molar-refractivity contribution in [3.63, 3.8) is 0 Å². The molecule has 0 fully saturated rings. The van der Waals surface area contributed by atoms with Crippen molar-refractivity contribution in [1.82, 2.24) is 0 Å². The molecule has 23 heavy (non-hydrogen) atoms. The number of aromatic hydroxyl groups is 1. The van der Waals surface area contributed by atoms with Crippen molar-refractivity contribution >= 4 is 11.6 Å². The van der Waals surface area contributed by atoms with E-state index in [-0.39, 0.29) is 22.4 Å². The van der Waals surface area contributed by atoms with Gasteiger partial charge >= 0.3 is 0 Å². The van der Waals surface area contributed by atoms with Crippen LogP contribution < -0.4 is 0 Å². The first-order valence-electron chi connectivity index (χ1n) is 8.13. The third-order valence-corrected chi connectivity index (χ3v) is 4.21. The van der Waals surface area contributed by atoms with E-state index >= 15 is 0 Å². The molecular formula is C20H30O3. The van der Waals surface area contributed by atoms with Crippen LogP contribution in [0.3, 0.4) is 0 Å². The number of rotatable bonds is 4. The summed E-state index contributed by atoms with van der Waals surface area (Å²) in [7, 11) is 0. The second-order valence-corrected chi connectivity index (χ2v) is 8.52. The molecular weight excluding hydrogens is 288 g/mol. The van der Waals surface area contributed by atoms with Gasteiger partial charge in [-0.05, 0) is 47.8 Å². The average Bonchev–Trinajstić information content (AvgIpc) is 2.33. The minimum atomic E-state index is -0.611. The summed E-state index contributed by atoms with van der Waals surface area (Å²) < 4.78 is 0. The van der Waals surface area contributed by atoms with E-state index in [9.17, 15) is 14.7 Å². The van der Waals surface area contributed by atoms with Crippen LogP contribution in [0, 0.1) is 5.92 Å². The largest absolute Gasteiger partial charge is 0.507 e. The van der Waals surface area contributed by atoms with Gasteiger partial charge in [0.25, 0.3) is 0 Å². The van der Waals surface area contributed by atoms with Gasteiger partial charge in [-0.25, -0.2) is 0 Å². The van der Waals surface area contributed by atoms with Gasteiger partial charge in [0, 0.05) is 0 Å². The van der Waals surface area contributed by atoms with Crippen LogP contribution >= 0.6 is 0 Å². The SMILES string of the molecule is CC(=O)C(Cc1cc(C(C)(C)C)c(O)c(C(C)(C)C)c1)C(C)=O. The van der Waals surface area contributed by atoms with Crippen molar-refractivity contribution in [2.75, 3.05) is 0 Å². The van der Waals surface area contributed by atoms with Crippen LogP contribution in [-0.4, -0.2) is 16.7 Å². The Morgan fingerprint density at radius 3 is 1.52 bits per heavy atom. The van der Waals surface area contributed by atoms with E-state index in [0.717, 1.165) is 16.7 Å². The second kappa shape index (κ2) is 6.46. The maximum atomic E-state index is 11.8. The molecule has 0 saturated heterocycles. The number of hydrogen-bond donors (Lipinski definition) is 1. The summed E-state index contributed by atoms with van der Waals surface area (Å²) in [6, 6.07) is 3.87. The molecule has 0 atom stereocenters. The van der Waals surface area contributed by atoms with Gasteiger partial charge < -0.3 is 5.11 Å². The molecule has 0 radical (unpaired) electrons. The van der Waals surface area contributed by atoms with Gasteiger partial charge in [-0.1, -0.05) is 53.7 Å². The van der Waals surface area contributed by atoms with Gasteiger partial charge in [0.05, 0.1) is 5.92 Å². The van der Waals surface area contributed by atoms with Crippen molar-refractivity contribution in [1.29, 1.82) is 0 Å². The number of hydrogen-bond acceptors (Lipinski definition) is 3. The average molecular weight is 318 g/mol. The topological polar surface area (TPSA) is 54.4 Å². The van der Waals surface area contributed by atoms with Crippen molar-refractivity contribution in [2.45, 2.75) is 72.6 Å². The van der Waals surface area contributed by atoms with Gasteiger partial charge in [-0.2, -0.15) is 0 Å². The molecule has 0 spiro atoms. The Labute approximate surface area is 140 Å². The number of carbonyl (C=O) groups is 2. The Morgan fingerprint density at radius 1 is 0.913 bits per heavy atom. The number of ketones is 2. The second-order valence-electron chi connectivity index (χ2n) is 8.52. The number of carbonyl (C=O) groups excluding carboxylic acids is 2. The zero-order valence-electron chi connectivity index (χ0n) is 15.7. The summed E-state index contributed by atoms with van der Waals surface area (Å²) in [5.74, 6) is -0.517. The Balaban J connectivity index is 3.50. The third-order valence-electron chi connectivity index (χ3n) is 4.21. The molecule has 0 aliphatic carbocycles. The van der Waals surface area contributed by atoms with Crippen LogP contribution in [0.2, 0.25) is 0 Å². The first-order valence-corrected chi connectivity index (χ1v) is 8.13.